The van der Waals surface area contributed by atoms with Crippen molar-refractivity contribution < 1.29 is 9.59 Å². The standard InChI is InChI=1S/C19H23N5O3/c1-2-23-16(20-21-19(23)27)14-7-10-22(11-8-14)17(25)18(26)24-12-9-13-5-3-4-6-15(13)24/h3-6,14H,2,7-12H2,1H3,(H,21,27). The number of piperidine rings is 1. The quantitative estimate of drug-likeness (QED) is 0.796. The van der Waals surface area contributed by atoms with Crippen LogP contribution in [0.1, 0.15) is 37.1 Å². The molecule has 142 valence electrons. The maximum Gasteiger partial charge on any atom is 0.343 e. The maximum absolute atomic E-state index is 12.7. The van der Waals surface area contributed by atoms with Crippen molar-refractivity contribution in [3.05, 3.63) is 46.1 Å². The zero-order valence-corrected chi connectivity index (χ0v) is 15.4. The lowest BCUT2D eigenvalue weighted by molar-refractivity contribution is -0.145. The number of anilines is 1. The van der Waals surface area contributed by atoms with Crippen LogP contribution < -0.4 is 10.6 Å². The number of nitrogens with zero attached hydrogens (tertiary/aromatic N) is 4. The zero-order chi connectivity index (χ0) is 19.0. The number of benzene rings is 1. The van der Waals surface area contributed by atoms with E-state index in [0.717, 1.165) is 23.5 Å². The Kier molecular flexibility index (Phi) is 4.55. The van der Waals surface area contributed by atoms with Crippen molar-refractivity contribution in [3.63, 3.8) is 0 Å². The van der Waals surface area contributed by atoms with Crippen LogP contribution >= 0.6 is 0 Å². The van der Waals surface area contributed by atoms with Gasteiger partial charge in [0, 0.05) is 37.8 Å². The van der Waals surface area contributed by atoms with Crippen LogP contribution in [0.2, 0.25) is 0 Å². The Hall–Kier alpha value is -2.90. The highest BCUT2D eigenvalue weighted by atomic mass is 16.2. The van der Waals surface area contributed by atoms with E-state index in [0.29, 0.717) is 39.0 Å². The van der Waals surface area contributed by atoms with Crippen LogP contribution in [-0.2, 0) is 22.6 Å². The molecule has 0 unspecified atom stereocenters. The molecule has 1 fully saturated rings. The van der Waals surface area contributed by atoms with E-state index in [1.807, 2.05) is 31.2 Å². The van der Waals surface area contributed by atoms with Gasteiger partial charge in [0.2, 0.25) is 0 Å². The molecule has 1 aromatic carbocycles. The van der Waals surface area contributed by atoms with Gasteiger partial charge in [0.25, 0.3) is 0 Å². The monoisotopic (exact) mass is 369 g/mol. The molecule has 1 aromatic heterocycles. The van der Waals surface area contributed by atoms with Gasteiger partial charge in [0.05, 0.1) is 0 Å². The lowest BCUT2D eigenvalue weighted by Crippen LogP contribution is -2.47. The van der Waals surface area contributed by atoms with Crippen LogP contribution in [0.5, 0.6) is 0 Å². The molecule has 8 heteroatoms. The summed E-state index contributed by atoms with van der Waals surface area (Å²) in [5, 5.41) is 6.65. The van der Waals surface area contributed by atoms with Gasteiger partial charge in [0.1, 0.15) is 5.82 Å². The lowest BCUT2D eigenvalue weighted by Gasteiger charge is -2.32. The molecule has 0 atom stereocenters. The first-order valence-electron chi connectivity index (χ1n) is 9.44. The molecule has 2 aromatic rings. The summed E-state index contributed by atoms with van der Waals surface area (Å²) < 4.78 is 1.63. The second-order valence-corrected chi connectivity index (χ2v) is 7.03. The van der Waals surface area contributed by atoms with E-state index in [4.69, 9.17) is 0 Å². The number of fused-ring (bicyclic) bond motifs is 1. The van der Waals surface area contributed by atoms with Gasteiger partial charge in [-0.3, -0.25) is 14.2 Å². The predicted octanol–water partition coefficient (Wildman–Crippen LogP) is 0.887. The molecule has 1 saturated heterocycles. The topological polar surface area (TPSA) is 91.3 Å². The van der Waals surface area contributed by atoms with Gasteiger partial charge in [-0.2, -0.15) is 5.10 Å². The third-order valence-electron chi connectivity index (χ3n) is 5.57. The van der Waals surface area contributed by atoms with Gasteiger partial charge < -0.3 is 9.80 Å². The molecule has 2 aliphatic rings. The molecule has 0 radical (unpaired) electrons. The van der Waals surface area contributed by atoms with E-state index in [1.54, 1.807) is 14.4 Å². The molecular weight excluding hydrogens is 346 g/mol. The Balaban J connectivity index is 1.42. The highest BCUT2D eigenvalue weighted by Crippen LogP contribution is 2.29. The average Bonchev–Trinajstić information content (AvgIpc) is 3.30. The van der Waals surface area contributed by atoms with Crippen LogP contribution in [0.25, 0.3) is 0 Å². The number of H-pyrrole nitrogens is 1. The highest BCUT2D eigenvalue weighted by Gasteiger charge is 2.34. The van der Waals surface area contributed by atoms with Crippen LogP contribution in [-0.4, -0.2) is 51.1 Å². The number of carbonyl (C=O) groups is 2. The Bertz CT molecular complexity index is 923. The molecule has 1 N–H and O–H groups in total. The van der Waals surface area contributed by atoms with E-state index in [-0.39, 0.29) is 11.6 Å². The smallest absolute Gasteiger partial charge is 0.334 e. The third-order valence-corrected chi connectivity index (χ3v) is 5.57. The first-order chi connectivity index (χ1) is 13.1. The van der Waals surface area contributed by atoms with Gasteiger partial charge in [0.15, 0.2) is 0 Å². The van der Waals surface area contributed by atoms with E-state index in [2.05, 4.69) is 10.2 Å². The summed E-state index contributed by atoms with van der Waals surface area (Å²) in [6.07, 6.45) is 2.17. The molecule has 27 heavy (non-hydrogen) atoms. The minimum absolute atomic E-state index is 0.121. The maximum atomic E-state index is 12.7. The molecule has 0 saturated carbocycles. The Morgan fingerprint density at radius 1 is 1.15 bits per heavy atom. The molecule has 4 rings (SSSR count). The fraction of sp³-hybridized carbons (Fsp3) is 0.474. The number of hydrogen-bond donors (Lipinski definition) is 1. The number of para-hydroxylation sites is 1. The first kappa shape index (κ1) is 17.5. The van der Waals surface area contributed by atoms with Gasteiger partial charge in [-0.1, -0.05) is 18.2 Å². The van der Waals surface area contributed by atoms with Gasteiger partial charge in [-0.05, 0) is 37.8 Å². The van der Waals surface area contributed by atoms with Gasteiger partial charge in [-0.25, -0.2) is 9.89 Å². The second-order valence-electron chi connectivity index (χ2n) is 7.03. The molecular formula is C19H23N5O3. The fourth-order valence-corrected chi connectivity index (χ4v) is 4.09. The van der Waals surface area contributed by atoms with Crippen molar-refractivity contribution in [3.8, 4) is 0 Å². The van der Waals surface area contributed by atoms with Crippen molar-refractivity contribution >= 4 is 17.5 Å². The second kappa shape index (κ2) is 7.02. The van der Waals surface area contributed by atoms with Crippen LogP contribution in [0.3, 0.4) is 0 Å². The largest absolute Gasteiger partial charge is 0.343 e. The van der Waals surface area contributed by atoms with E-state index < -0.39 is 11.8 Å². The number of aromatic amines is 1. The summed E-state index contributed by atoms with van der Waals surface area (Å²) in [5.41, 5.74) is 1.75. The fourth-order valence-electron chi connectivity index (χ4n) is 4.09. The minimum atomic E-state index is -0.455. The number of amides is 2. The van der Waals surface area contributed by atoms with Crippen molar-refractivity contribution in [1.29, 1.82) is 0 Å². The SMILES string of the molecule is CCn1c(C2CCN(C(=O)C(=O)N3CCc4ccccc43)CC2)n[nH]c1=O. The predicted molar refractivity (Wildman–Crippen MR) is 99.6 cm³/mol. The van der Waals surface area contributed by atoms with E-state index in [1.165, 1.54) is 0 Å². The molecule has 2 aliphatic heterocycles. The van der Waals surface area contributed by atoms with Gasteiger partial charge in [-0.15, -0.1) is 0 Å². The summed E-state index contributed by atoms with van der Waals surface area (Å²) in [5.74, 6) is -0.0336. The molecule has 2 amide bonds. The number of hydrogen-bond acceptors (Lipinski definition) is 4. The van der Waals surface area contributed by atoms with E-state index in [9.17, 15) is 14.4 Å². The number of carbonyl (C=O) groups excluding carboxylic acids is 2. The molecule has 3 heterocycles. The van der Waals surface area contributed by atoms with Crippen molar-refractivity contribution in [2.45, 2.75) is 38.6 Å². The first-order valence-corrected chi connectivity index (χ1v) is 9.44. The summed E-state index contributed by atoms with van der Waals surface area (Å²) >= 11 is 0. The highest BCUT2D eigenvalue weighted by molar-refractivity contribution is 6.40. The Labute approximate surface area is 156 Å². The summed E-state index contributed by atoms with van der Waals surface area (Å²) in [4.78, 5) is 40.4. The van der Waals surface area contributed by atoms with Gasteiger partial charge >= 0.3 is 17.5 Å². The van der Waals surface area contributed by atoms with Crippen molar-refractivity contribution in [1.82, 2.24) is 19.7 Å². The minimum Gasteiger partial charge on any atom is -0.334 e. The zero-order valence-electron chi connectivity index (χ0n) is 15.4. The lowest BCUT2D eigenvalue weighted by atomic mass is 9.95. The molecule has 0 spiro atoms. The number of likely N-dealkylation sites (tertiary alicyclic amines) is 1. The summed E-state index contributed by atoms with van der Waals surface area (Å²) in [6, 6.07) is 7.72. The number of aromatic nitrogens is 3. The third kappa shape index (κ3) is 3.05. The van der Waals surface area contributed by atoms with Crippen molar-refractivity contribution in [2.24, 2.45) is 0 Å². The summed E-state index contributed by atoms with van der Waals surface area (Å²) in [7, 11) is 0. The molecule has 8 nitrogen and oxygen atoms in total. The number of nitrogens with one attached hydrogen (secondary N) is 1. The molecule has 0 bridgehead atoms. The van der Waals surface area contributed by atoms with Crippen molar-refractivity contribution in [2.75, 3.05) is 24.5 Å². The summed E-state index contributed by atoms with van der Waals surface area (Å²) in [6.45, 7) is 4.02. The Morgan fingerprint density at radius 3 is 2.63 bits per heavy atom. The van der Waals surface area contributed by atoms with Crippen LogP contribution in [0.4, 0.5) is 5.69 Å². The normalized spacial score (nSPS) is 17.2. The van der Waals surface area contributed by atoms with Crippen LogP contribution in [0, 0.1) is 0 Å². The number of rotatable bonds is 2. The van der Waals surface area contributed by atoms with Crippen LogP contribution in [0.15, 0.2) is 29.1 Å². The average molecular weight is 369 g/mol. The molecule has 0 aliphatic carbocycles. The van der Waals surface area contributed by atoms with E-state index >= 15 is 0 Å². The Morgan fingerprint density at radius 2 is 1.89 bits per heavy atom.